The molecule has 1 aliphatic rings. The SMILES string of the molecule is CC(=O)Nc1cc2sc(-c3ccc(NC(=O)[C@@H]4CCCN4C(=O)[C@@H](NC(=O)CO)C(C)C)cc3)cn2c1. The number of aliphatic hydroxyl groups is 1. The van der Waals surface area contributed by atoms with Gasteiger partial charge in [0, 0.05) is 31.5 Å². The Balaban J connectivity index is 1.42. The summed E-state index contributed by atoms with van der Waals surface area (Å²) in [6, 6.07) is 7.97. The third kappa shape index (κ3) is 6.00. The van der Waals surface area contributed by atoms with E-state index < -0.39 is 24.6 Å². The summed E-state index contributed by atoms with van der Waals surface area (Å²) in [5, 5.41) is 17.3. The molecule has 0 saturated carbocycles. The van der Waals surface area contributed by atoms with E-state index in [1.165, 1.54) is 11.8 Å². The number of nitrogens with zero attached hydrogens (tertiary/aromatic N) is 2. The van der Waals surface area contributed by atoms with Crippen molar-refractivity contribution in [2.24, 2.45) is 5.92 Å². The molecule has 3 aromatic rings. The van der Waals surface area contributed by atoms with Gasteiger partial charge in [-0.3, -0.25) is 19.2 Å². The van der Waals surface area contributed by atoms with Gasteiger partial charge in [-0.1, -0.05) is 26.0 Å². The molecule has 10 nitrogen and oxygen atoms in total. The summed E-state index contributed by atoms with van der Waals surface area (Å²) in [5.41, 5.74) is 2.36. The number of likely N-dealkylation sites (tertiary alicyclic amines) is 1. The van der Waals surface area contributed by atoms with Crippen LogP contribution in [-0.4, -0.2) is 63.3 Å². The predicted octanol–water partition coefficient (Wildman–Crippen LogP) is 2.69. The maximum absolute atomic E-state index is 13.2. The number of nitrogens with one attached hydrogen (secondary N) is 3. The van der Waals surface area contributed by atoms with Gasteiger partial charge in [-0.2, -0.15) is 0 Å². The van der Waals surface area contributed by atoms with Gasteiger partial charge in [-0.05, 0) is 42.5 Å². The van der Waals surface area contributed by atoms with Gasteiger partial charge in [0.1, 0.15) is 23.5 Å². The highest BCUT2D eigenvalue weighted by molar-refractivity contribution is 7.20. The zero-order valence-corrected chi connectivity index (χ0v) is 21.8. The van der Waals surface area contributed by atoms with Crippen molar-refractivity contribution in [2.45, 2.75) is 45.7 Å². The van der Waals surface area contributed by atoms with E-state index in [-0.39, 0.29) is 23.6 Å². The van der Waals surface area contributed by atoms with Crippen molar-refractivity contribution < 1.29 is 24.3 Å². The van der Waals surface area contributed by atoms with Crippen LogP contribution in [0.1, 0.15) is 33.6 Å². The van der Waals surface area contributed by atoms with Crippen LogP contribution in [0.2, 0.25) is 0 Å². The van der Waals surface area contributed by atoms with Gasteiger partial charge in [0.15, 0.2) is 0 Å². The van der Waals surface area contributed by atoms with Gasteiger partial charge in [0.05, 0.1) is 10.6 Å². The van der Waals surface area contributed by atoms with Crippen LogP contribution in [0.4, 0.5) is 11.4 Å². The fourth-order valence-electron chi connectivity index (χ4n) is 4.47. The molecule has 3 heterocycles. The monoisotopic (exact) mass is 525 g/mol. The van der Waals surface area contributed by atoms with Gasteiger partial charge >= 0.3 is 0 Å². The van der Waals surface area contributed by atoms with Crippen molar-refractivity contribution in [1.82, 2.24) is 14.6 Å². The molecule has 1 aliphatic heterocycles. The predicted molar refractivity (Wildman–Crippen MR) is 142 cm³/mol. The Morgan fingerprint density at radius 1 is 1.08 bits per heavy atom. The van der Waals surface area contributed by atoms with Gasteiger partial charge < -0.3 is 30.4 Å². The van der Waals surface area contributed by atoms with Gasteiger partial charge in [-0.15, -0.1) is 11.3 Å². The Labute approximate surface area is 218 Å². The number of rotatable bonds is 8. The normalized spacial score (nSPS) is 16.1. The largest absolute Gasteiger partial charge is 0.387 e. The molecule has 0 bridgehead atoms. The van der Waals surface area contributed by atoms with Crippen LogP contribution < -0.4 is 16.0 Å². The average molecular weight is 526 g/mol. The number of hydrogen-bond acceptors (Lipinski definition) is 6. The van der Waals surface area contributed by atoms with Gasteiger partial charge in [0.25, 0.3) is 0 Å². The maximum Gasteiger partial charge on any atom is 0.247 e. The first-order valence-corrected chi connectivity index (χ1v) is 13.0. The second-order valence-corrected chi connectivity index (χ2v) is 10.5. The number of carbonyl (C=O) groups is 4. The first-order chi connectivity index (χ1) is 17.7. The quantitative estimate of drug-likeness (QED) is 0.359. The van der Waals surface area contributed by atoms with Crippen molar-refractivity contribution in [3.05, 3.63) is 42.7 Å². The fraction of sp³-hybridized carbons (Fsp3) is 0.385. The smallest absolute Gasteiger partial charge is 0.247 e. The van der Waals surface area contributed by atoms with E-state index in [1.54, 1.807) is 11.3 Å². The van der Waals surface area contributed by atoms with Crippen LogP contribution >= 0.6 is 11.3 Å². The van der Waals surface area contributed by atoms with E-state index in [2.05, 4.69) is 16.0 Å². The van der Waals surface area contributed by atoms with Crippen molar-refractivity contribution >= 4 is 51.2 Å². The summed E-state index contributed by atoms with van der Waals surface area (Å²) in [7, 11) is 0. The lowest BCUT2D eigenvalue weighted by Gasteiger charge is -2.30. The second kappa shape index (κ2) is 11.1. The Morgan fingerprint density at radius 3 is 2.43 bits per heavy atom. The molecule has 2 atom stereocenters. The van der Waals surface area contributed by atoms with Crippen LogP contribution in [-0.2, 0) is 19.2 Å². The number of carbonyl (C=O) groups excluding carboxylic acids is 4. The van der Waals surface area contributed by atoms with E-state index in [0.29, 0.717) is 25.1 Å². The summed E-state index contributed by atoms with van der Waals surface area (Å²) >= 11 is 1.59. The molecule has 0 aliphatic carbocycles. The van der Waals surface area contributed by atoms with Crippen molar-refractivity contribution in [2.75, 3.05) is 23.8 Å². The lowest BCUT2D eigenvalue weighted by Crippen LogP contribution is -2.54. The van der Waals surface area contributed by atoms with E-state index in [0.717, 1.165) is 21.0 Å². The molecule has 37 heavy (non-hydrogen) atoms. The highest BCUT2D eigenvalue weighted by Gasteiger charge is 2.38. The molecule has 1 saturated heterocycles. The van der Waals surface area contributed by atoms with Crippen LogP contribution in [0.3, 0.4) is 0 Å². The molecule has 196 valence electrons. The Bertz CT molecular complexity index is 1280. The van der Waals surface area contributed by atoms with Crippen molar-refractivity contribution in [1.29, 1.82) is 0 Å². The van der Waals surface area contributed by atoms with E-state index in [4.69, 9.17) is 5.11 Å². The van der Waals surface area contributed by atoms with Gasteiger partial charge in [0.2, 0.25) is 23.6 Å². The van der Waals surface area contributed by atoms with Crippen molar-refractivity contribution in [3.63, 3.8) is 0 Å². The maximum atomic E-state index is 13.2. The summed E-state index contributed by atoms with van der Waals surface area (Å²) in [6.45, 7) is 4.83. The molecule has 4 amide bonds. The summed E-state index contributed by atoms with van der Waals surface area (Å²) in [5.74, 6) is -1.52. The molecule has 1 aromatic carbocycles. The van der Waals surface area contributed by atoms with E-state index in [1.807, 2.05) is 61.0 Å². The lowest BCUT2D eigenvalue weighted by molar-refractivity contribution is -0.141. The summed E-state index contributed by atoms with van der Waals surface area (Å²) in [6.07, 6.45) is 5.08. The molecule has 11 heteroatoms. The average Bonchev–Trinajstić information content (AvgIpc) is 3.57. The topological polar surface area (TPSA) is 132 Å². The van der Waals surface area contributed by atoms with E-state index >= 15 is 0 Å². The molecule has 0 unspecified atom stereocenters. The minimum atomic E-state index is -0.806. The molecule has 1 fully saturated rings. The van der Waals surface area contributed by atoms with Crippen LogP contribution in [0.25, 0.3) is 15.3 Å². The Kier molecular flexibility index (Phi) is 7.94. The number of anilines is 2. The first kappa shape index (κ1) is 26.4. The number of aliphatic hydroxyl groups excluding tert-OH is 1. The number of benzene rings is 1. The third-order valence-electron chi connectivity index (χ3n) is 6.27. The van der Waals surface area contributed by atoms with Crippen LogP contribution in [0.5, 0.6) is 0 Å². The number of thiazole rings is 1. The summed E-state index contributed by atoms with van der Waals surface area (Å²) in [4.78, 5) is 52.8. The lowest BCUT2D eigenvalue weighted by atomic mass is 10.0. The fourth-order valence-corrected chi connectivity index (χ4v) is 5.51. The number of fused-ring (bicyclic) bond motifs is 1. The molecule has 4 rings (SSSR count). The van der Waals surface area contributed by atoms with Crippen molar-refractivity contribution in [3.8, 4) is 10.4 Å². The molecule has 0 radical (unpaired) electrons. The van der Waals surface area contributed by atoms with Crippen LogP contribution in [0, 0.1) is 5.92 Å². The molecular formula is C26H31N5O5S. The highest BCUT2D eigenvalue weighted by Crippen LogP contribution is 2.32. The molecule has 4 N–H and O–H groups in total. The third-order valence-corrected chi connectivity index (χ3v) is 7.37. The molecular weight excluding hydrogens is 494 g/mol. The number of hydrogen-bond donors (Lipinski definition) is 4. The highest BCUT2D eigenvalue weighted by atomic mass is 32.1. The zero-order chi connectivity index (χ0) is 26.7. The first-order valence-electron chi connectivity index (χ1n) is 12.2. The van der Waals surface area contributed by atoms with E-state index in [9.17, 15) is 19.2 Å². The molecule has 2 aromatic heterocycles. The number of aromatic nitrogens is 1. The standard InChI is InChI=1S/C26H31N5O5S/c1-15(2)24(29-22(34)14-32)26(36)31-10-4-5-20(31)25(35)28-18-8-6-17(7-9-18)21-13-30-12-19(27-16(3)33)11-23(30)37-21/h6-9,11-13,15,20,24,32H,4-5,10,14H2,1-3H3,(H,27,33)(H,28,35)(H,29,34)/t20-,24-/m0/s1. The zero-order valence-electron chi connectivity index (χ0n) is 21.0. The molecule has 0 spiro atoms. The Hall–Kier alpha value is -3.70. The second-order valence-electron chi connectivity index (χ2n) is 9.45. The minimum absolute atomic E-state index is 0.116. The van der Waals surface area contributed by atoms with Crippen LogP contribution in [0.15, 0.2) is 42.7 Å². The van der Waals surface area contributed by atoms with Gasteiger partial charge in [-0.25, -0.2) is 0 Å². The Morgan fingerprint density at radius 2 is 1.81 bits per heavy atom. The minimum Gasteiger partial charge on any atom is -0.387 e. The summed E-state index contributed by atoms with van der Waals surface area (Å²) < 4.78 is 1.96. The number of amides is 4.